The highest BCUT2D eigenvalue weighted by molar-refractivity contribution is 6.67. The van der Waals surface area contributed by atoms with Crippen LogP contribution in [0.3, 0.4) is 0 Å². The fourth-order valence-corrected chi connectivity index (χ4v) is 4.11. The first-order valence-electron chi connectivity index (χ1n) is 11.5. The maximum Gasteiger partial charge on any atom is 0.407 e. The molecule has 1 aromatic carbocycles. The minimum Gasteiger partial charge on any atom is -0.445 e. The van der Waals surface area contributed by atoms with Gasteiger partial charge < -0.3 is 59.6 Å². The van der Waals surface area contributed by atoms with Gasteiger partial charge in [-0.3, -0.25) is 0 Å². The van der Waals surface area contributed by atoms with Crippen molar-refractivity contribution in [3.63, 3.8) is 0 Å². The van der Waals surface area contributed by atoms with Crippen molar-refractivity contribution >= 4 is 40.9 Å². The van der Waals surface area contributed by atoms with Crippen LogP contribution >= 0.6 is 34.8 Å². The van der Waals surface area contributed by atoms with Crippen LogP contribution in [0.25, 0.3) is 0 Å². The second-order valence-corrected chi connectivity index (χ2v) is 11.2. The van der Waals surface area contributed by atoms with Crippen molar-refractivity contribution in [2.24, 2.45) is 0 Å². The Morgan fingerprint density at radius 3 is 2.13 bits per heavy atom. The van der Waals surface area contributed by atoms with Crippen molar-refractivity contribution in [3.05, 3.63) is 35.9 Å². The van der Waals surface area contributed by atoms with Crippen LogP contribution in [0.1, 0.15) is 5.56 Å². The summed E-state index contributed by atoms with van der Waals surface area (Å²) in [6.45, 7) is -2.04. The third-order valence-corrected chi connectivity index (χ3v) is 6.23. The molecule has 1 aromatic rings. The molecule has 3 rings (SSSR count). The van der Waals surface area contributed by atoms with E-state index in [0.29, 0.717) is 0 Å². The Morgan fingerprint density at radius 2 is 1.53 bits per heavy atom. The number of aliphatic hydroxyl groups is 6. The minimum atomic E-state index is -1.90. The lowest BCUT2D eigenvalue weighted by Gasteiger charge is -2.47. The molecule has 0 aromatic heterocycles. The largest absolute Gasteiger partial charge is 0.445 e. The average molecular weight is 607 g/mol. The van der Waals surface area contributed by atoms with Crippen molar-refractivity contribution in [2.45, 2.75) is 71.7 Å². The number of aliphatic hydroxyl groups excluding tert-OH is 6. The normalized spacial score (nSPS) is 36.0. The van der Waals surface area contributed by atoms with E-state index < -0.39 is 91.1 Å². The summed E-state index contributed by atoms with van der Waals surface area (Å²) in [4.78, 5) is 12.4. The number of hydrogen-bond donors (Lipinski definition) is 7. The van der Waals surface area contributed by atoms with Gasteiger partial charge in [-0.1, -0.05) is 65.1 Å². The summed E-state index contributed by atoms with van der Waals surface area (Å²) in [6.07, 6.45) is -15.0. The number of halogens is 3. The second kappa shape index (κ2) is 14.0. The minimum absolute atomic E-state index is 0.00398. The molecular weight excluding hydrogens is 577 g/mol. The summed E-state index contributed by atoms with van der Waals surface area (Å²) in [5, 5.41) is 63.3. The first-order chi connectivity index (χ1) is 17.9. The molecule has 2 heterocycles. The van der Waals surface area contributed by atoms with Crippen molar-refractivity contribution < 1.29 is 59.1 Å². The van der Waals surface area contributed by atoms with E-state index >= 15 is 0 Å². The zero-order chi connectivity index (χ0) is 28.0. The number of alkyl halides is 3. The lowest BCUT2D eigenvalue weighted by Crippen LogP contribution is -2.67. The number of hydrogen-bond acceptors (Lipinski definition) is 12. The lowest BCUT2D eigenvalue weighted by molar-refractivity contribution is -0.349. The van der Waals surface area contributed by atoms with Gasteiger partial charge in [0.2, 0.25) is 3.79 Å². The highest BCUT2D eigenvalue weighted by atomic mass is 35.6. The number of nitrogens with one attached hydrogen (secondary N) is 1. The maximum atomic E-state index is 12.4. The molecule has 0 saturated carbocycles. The first-order valence-corrected chi connectivity index (χ1v) is 12.6. The van der Waals surface area contributed by atoms with Gasteiger partial charge in [0.1, 0.15) is 55.4 Å². The molecule has 7 N–H and O–H groups in total. The Bertz CT molecular complexity index is 879. The average Bonchev–Trinajstić information content (AvgIpc) is 2.89. The smallest absolute Gasteiger partial charge is 0.407 e. The Balaban J connectivity index is 1.79. The van der Waals surface area contributed by atoms with Crippen LogP contribution in [-0.2, 0) is 30.3 Å². The molecule has 2 aliphatic rings. The van der Waals surface area contributed by atoms with Crippen molar-refractivity contribution in [2.75, 3.05) is 19.8 Å². The highest BCUT2D eigenvalue weighted by Gasteiger charge is 2.51. The van der Waals surface area contributed by atoms with E-state index in [1.807, 2.05) is 0 Å². The summed E-state index contributed by atoms with van der Waals surface area (Å²) in [5.74, 6) is 0. The second-order valence-electron chi connectivity index (χ2n) is 8.67. The van der Waals surface area contributed by atoms with Crippen LogP contribution in [0.15, 0.2) is 30.3 Å². The SMILES string of the molecule is O=C(N[C@H]1[C@@H](OCc2ccccc2)O[C@H](CO)[C@@H](O[C@@H]2O[C@H](CO)[C@H](O)[C@H](O)[C@H]2O)[C@@H]1O)OCC(Cl)(Cl)Cl. The van der Waals surface area contributed by atoms with Gasteiger partial charge >= 0.3 is 6.09 Å². The van der Waals surface area contributed by atoms with Gasteiger partial charge in [0.15, 0.2) is 12.6 Å². The number of amides is 1. The Morgan fingerprint density at radius 1 is 0.895 bits per heavy atom. The van der Waals surface area contributed by atoms with Crippen LogP contribution in [0, 0.1) is 0 Å². The topological polar surface area (TPSA) is 197 Å². The number of carbonyl (C=O) groups excluding carboxylic acids is 1. The molecule has 2 aliphatic heterocycles. The molecule has 16 heteroatoms. The van der Waals surface area contributed by atoms with E-state index in [4.69, 9.17) is 58.5 Å². The Kier molecular flexibility index (Phi) is 11.6. The van der Waals surface area contributed by atoms with E-state index in [-0.39, 0.29) is 6.61 Å². The third-order valence-electron chi connectivity index (χ3n) is 5.90. The quantitative estimate of drug-likeness (QED) is 0.168. The van der Waals surface area contributed by atoms with Gasteiger partial charge in [-0.2, -0.15) is 0 Å². The molecule has 0 bridgehead atoms. The number of alkyl carbamates (subject to hydrolysis) is 1. The van der Waals surface area contributed by atoms with E-state index in [0.717, 1.165) is 5.56 Å². The highest BCUT2D eigenvalue weighted by Crippen LogP contribution is 2.30. The van der Waals surface area contributed by atoms with E-state index in [2.05, 4.69) is 5.32 Å². The van der Waals surface area contributed by atoms with Crippen LogP contribution in [0.5, 0.6) is 0 Å². The molecule has 2 saturated heterocycles. The summed E-state index contributed by atoms with van der Waals surface area (Å²) in [5.41, 5.74) is 0.739. The maximum absolute atomic E-state index is 12.4. The molecule has 216 valence electrons. The predicted molar refractivity (Wildman–Crippen MR) is 130 cm³/mol. The van der Waals surface area contributed by atoms with Gasteiger partial charge in [0.05, 0.1) is 19.8 Å². The van der Waals surface area contributed by atoms with Crippen LogP contribution in [0.4, 0.5) is 4.79 Å². The molecule has 10 atom stereocenters. The molecule has 0 unspecified atom stereocenters. The van der Waals surface area contributed by atoms with Gasteiger partial charge in [0, 0.05) is 0 Å². The monoisotopic (exact) mass is 605 g/mol. The number of rotatable bonds is 9. The van der Waals surface area contributed by atoms with Gasteiger partial charge in [-0.25, -0.2) is 4.79 Å². The van der Waals surface area contributed by atoms with Crippen LogP contribution in [-0.4, -0.2) is 122 Å². The summed E-state index contributed by atoms with van der Waals surface area (Å²) < 4.78 is 25.5. The summed E-state index contributed by atoms with van der Waals surface area (Å²) in [6, 6.07) is 7.52. The van der Waals surface area contributed by atoms with Crippen LogP contribution < -0.4 is 5.32 Å². The molecule has 13 nitrogen and oxygen atoms in total. The van der Waals surface area contributed by atoms with Gasteiger partial charge in [0.25, 0.3) is 0 Å². The van der Waals surface area contributed by atoms with Gasteiger partial charge in [-0.15, -0.1) is 0 Å². The molecular formula is C22H30Cl3NO12. The van der Waals surface area contributed by atoms with Crippen molar-refractivity contribution in [1.29, 1.82) is 0 Å². The predicted octanol–water partition coefficient (Wildman–Crippen LogP) is -1.07. The van der Waals surface area contributed by atoms with Crippen molar-refractivity contribution in [1.82, 2.24) is 5.32 Å². The van der Waals surface area contributed by atoms with E-state index in [9.17, 15) is 35.4 Å². The standard InChI is InChI=1S/C22H30Cl3NO12/c23-22(24,25)9-35-21(33)26-13-15(30)18(38-20-17(32)16(31)14(29)11(6-27)36-20)12(7-28)37-19(13)34-8-10-4-2-1-3-5-10/h1-5,11-20,27-32H,6-9H2,(H,26,33)/t11-,12-,13-,14+,15-,16+,17-,18-,19+,20+/m1/s1. The Hall–Kier alpha value is -1.04. The van der Waals surface area contributed by atoms with E-state index in [1.165, 1.54) is 0 Å². The fourth-order valence-electron chi connectivity index (χ4n) is 3.94. The number of ether oxygens (including phenoxy) is 5. The number of carbonyl (C=O) groups is 1. The molecule has 1 amide bonds. The number of benzene rings is 1. The zero-order valence-corrected chi connectivity index (χ0v) is 22.0. The zero-order valence-electron chi connectivity index (χ0n) is 19.8. The Labute approximate surface area is 232 Å². The van der Waals surface area contributed by atoms with Crippen molar-refractivity contribution in [3.8, 4) is 0 Å². The molecule has 0 radical (unpaired) electrons. The molecule has 2 fully saturated rings. The molecule has 0 aliphatic carbocycles. The lowest BCUT2D eigenvalue weighted by atomic mass is 9.95. The summed E-state index contributed by atoms with van der Waals surface area (Å²) in [7, 11) is 0. The third kappa shape index (κ3) is 8.24. The molecule has 38 heavy (non-hydrogen) atoms. The van der Waals surface area contributed by atoms with Crippen LogP contribution in [0.2, 0.25) is 0 Å². The molecule has 0 spiro atoms. The summed E-state index contributed by atoms with van der Waals surface area (Å²) >= 11 is 16.8. The van der Waals surface area contributed by atoms with Gasteiger partial charge in [-0.05, 0) is 5.56 Å². The first kappa shape index (κ1) is 31.5. The fraction of sp³-hybridized carbons (Fsp3) is 0.682. The van der Waals surface area contributed by atoms with E-state index in [1.54, 1.807) is 30.3 Å².